The second-order valence-electron chi connectivity index (χ2n) is 3.65. The van der Waals surface area contributed by atoms with Gasteiger partial charge in [0.1, 0.15) is 0 Å². The maximum absolute atomic E-state index is 3.19. The molecule has 0 unspecified atom stereocenters. The van der Waals surface area contributed by atoms with E-state index in [0.717, 1.165) is 5.56 Å². The predicted molar refractivity (Wildman–Crippen MR) is 71.9 cm³/mol. The van der Waals surface area contributed by atoms with E-state index < -0.39 is 0 Å². The van der Waals surface area contributed by atoms with Crippen molar-refractivity contribution < 1.29 is 0 Å². The SMILES string of the molecule is CC#Cc1cccc2sc3ccccc3c12. The van der Waals surface area contributed by atoms with E-state index in [4.69, 9.17) is 0 Å². The first-order valence-corrected chi connectivity index (χ1v) is 6.05. The third-order valence-corrected chi connectivity index (χ3v) is 3.80. The molecule has 0 saturated heterocycles. The molecular weight excluding hydrogens is 212 g/mol. The van der Waals surface area contributed by atoms with Crippen LogP contribution in [0.3, 0.4) is 0 Å². The van der Waals surface area contributed by atoms with Gasteiger partial charge in [0, 0.05) is 25.7 Å². The average molecular weight is 222 g/mol. The van der Waals surface area contributed by atoms with Gasteiger partial charge in [-0.2, -0.15) is 0 Å². The van der Waals surface area contributed by atoms with Crippen molar-refractivity contribution >= 4 is 31.5 Å². The summed E-state index contributed by atoms with van der Waals surface area (Å²) >= 11 is 1.83. The van der Waals surface area contributed by atoms with Crippen LogP contribution in [0.4, 0.5) is 0 Å². The van der Waals surface area contributed by atoms with Crippen LogP contribution in [-0.2, 0) is 0 Å². The average Bonchev–Trinajstić information content (AvgIpc) is 2.68. The first-order chi connectivity index (χ1) is 7.90. The molecule has 1 aromatic heterocycles. The fourth-order valence-corrected chi connectivity index (χ4v) is 3.15. The minimum Gasteiger partial charge on any atom is -0.135 e. The molecule has 1 heteroatoms. The quantitative estimate of drug-likeness (QED) is 0.494. The Hall–Kier alpha value is -1.78. The van der Waals surface area contributed by atoms with E-state index >= 15 is 0 Å². The van der Waals surface area contributed by atoms with E-state index in [0.29, 0.717) is 0 Å². The maximum Gasteiger partial charge on any atom is 0.0367 e. The van der Waals surface area contributed by atoms with Crippen molar-refractivity contribution in [2.45, 2.75) is 6.92 Å². The van der Waals surface area contributed by atoms with Crippen LogP contribution in [0.15, 0.2) is 42.5 Å². The molecule has 3 aromatic rings. The van der Waals surface area contributed by atoms with Crippen LogP contribution in [0.25, 0.3) is 20.2 Å². The molecule has 0 aliphatic rings. The Morgan fingerprint density at radius 2 is 1.75 bits per heavy atom. The van der Waals surface area contributed by atoms with Gasteiger partial charge in [0.2, 0.25) is 0 Å². The molecule has 0 fully saturated rings. The minimum atomic E-state index is 1.14. The van der Waals surface area contributed by atoms with Gasteiger partial charge in [-0.15, -0.1) is 17.3 Å². The molecule has 0 spiro atoms. The molecule has 0 N–H and O–H groups in total. The van der Waals surface area contributed by atoms with Crippen LogP contribution in [0.5, 0.6) is 0 Å². The van der Waals surface area contributed by atoms with Crippen LogP contribution >= 0.6 is 11.3 Å². The molecule has 3 rings (SSSR count). The van der Waals surface area contributed by atoms with Crippen molar-refractivity contribution in [2.75, 3.05) is 0 Å². The van der Waals surface area contributed by atoms with Crippen molar-refractivity contribution in [1.82, 2.24) is 0 Å². The minimum absolute atomic E-state index is 1.14. The van der Waals surface area contributed by atoms with Crippen molar-refractivity contribution in [3.8, 4) is 11.8 Å². The summed E-state index contributed by atoms with van der Waals surface area (Å²) in [4.78, 5) is 0. The number of thiophene rings is 1. The Morgan fingerprint density at radius 3 is 2.62 bits per heavy atom. The highest BCUT2D eigenvalue weighted by atomic mass is 32.1. The maximum atomic E-state index is 3.19. The molecule has 0 atom stereocenters. The third kappa shape index (κ3) is 1.31. The fraction of sp³-hybridized carbons (Fsp3) is 0.0667. The summed E-state index contributed by atoms with van der Waals surface area (Å²) in [6, 6.07) is 14.9. The fourth-order valence-electron chi connectivity index (χ4n) is 2.01. The molecule has 0 aliphatic heterocycles. The number of hydrogen-bond acceptors (Lipinski definition) is 1. The monoisotopic (exact) mass is 222 g/mol. The molecule has 16 heavy (non-hydrogen) atoms. The van der Waals surface area contributed by atoms with Crippen molar-refractivity contribution in [3.05, 3.63) is 48.0 Å². The normalized spacial score (nSPS) is 10.3. The molecular formula is C15H10S. The smallest absolute Gasteiger partial charge is 0.0367 e. The van der Waals surface area contributed by atoms with Gasteiger partial charge in [-0.3, -0.25) is 0 Å². The van der Waals surface area contributed by atoms with Gasteiger partial charge in [0.15, 0.2) is 0 Å². The number of benzene rings is 2. The predicted octanol–water partition coefficient (Wildman–Crippen LogP) is 4.43. The van der Waals surface area contributed by atoms with Gasteiger partial charge in [-0.25, -0.2) is 0 Å². The van der Waals surface area contributed by atoms with Gasteiger partial charge in [-0.05, 0) is 25.1 Å². The van der Waals surface area contributed by atoms with Gasteiger partial charge in [0.25, 0.3) is 0 Å². The van der Waals surface area contributed by atoms with Crippen LogP contribution < -0.4 is 0 Å². The molecule has 0 amide bonds. The summed E-state index contributed by atoms with van der Waals surface area (Å²) in [5.41, 5.74) is 1.14. The number of hydrogen-bond donors (Lipinski definition) is 0. The van der Waals surface area contributed by atoms with Gasteiger partial charge in [-0.1, -0.05) is 30.2 Å². The summed E-state index contributed by atoms with van der Waals surface area (Å²) in [7, 11) is 0. The highest BCUT2D eigenvalue weighted by Crippen LogP contribution is 2.35. The second-order valence-corrected chi connectivity index (χ2v) is 4.74. The molecule has 0 radical (unpaired) electrons. The zero-order chi connectivity index (χ0) is 11.0. The molecule has 0 aliphatic carbocycles. The number of rotatable bonds is 0. The van der Waals surface area contributed by atoms with Gasteiger partial charge >= 0.3 is 0 Å². The molecule has 0 bridgehead atoms. The van der Waals surface area contributed by atoms with Crippen LogP contribution in [0.1, 0.15) is 12.5 Å². The zero-order valence-electron chi connectivity index (χ0n) is 8.95. The summed E-state index contributed by atoms with van der Waals surface area (Å²) < 4.78 is 2.66. The van der Waals surface area contributed by atoms with E-state index in [1.54, 1.807) is 0 Å². The molecule has 76 valence electrons. The standard InChI is InChI=1S/C15H10S/c1-2-6-11-7-5-10-14-15(11)12-8-3-4-9-13(12)16-14/h3-5,7-10H,1H3. The van der Waals surface area contributed by atoms with E-state index in [1.165, 1.54) is 20.2 Å². The zero-order valence-corrected chi connectivity index (χ0v) is 9.77. The second kappa shape index (κ2) is 3.66. The van der Waals surface area contributed by atoms with Crippen molar-refractivity contribution in [2.24, 2.45) is 0 Å². The summed E-state index contributed by atoms with van der Waals surface area (Å²) in [6.45, 7) is 1.88. The molecule has 1 heterocycles. The molecule has 2 aromatic carbocycles. The van der Waals surface area contributed by atoms with Gasteiger partial charge in [0.05, 0.1) is 0 Å². The Balaban J connectivity index is 2.56. The lowest BCUT2D eigenvalue weighted by molar-refractivity contribution is 1.76. The van der Waals surface area contributed by atoms with Crippen LogP contribution in [0, 0.1) is 11.8 Å². The van der Waals surface area contributed by atoms with Crippen molar-refractivity contribution in [1.29, 1.82) is 0 Å². The lowest BCUT2D eigenvalue weighted by Gasteiger charge is -1.95. The largest absolute Gasteiger partial charge is 0.135 e. The first kappa shape index (κ1) is 9.45. The Bertz CT molecular complexity index is 723. The van der Waals surface area contributed by atoms with E-state index in [-0.39, 0.29) is 0 Å². The van der Waals surface area contributed by atoms with E-state index in [2.05, 4.69) is 54.3 Å². The van der Waals surface area contributed by atoms with Crippen LogP contribution in [-0.4, -0.2) is 0 Å². The molecule has 0 nitrogen and oxygen atoms in total. The molecule has 0 saturated carbocycles. The van der Waals surface area contributed by atoms with Crippen LogP contribution in [0.2, 0.25) is 0 Å². The Labute approximate surface area is 98.5 Å². The first-order valence-electron chi connectivity index (χ1n) is 5.23. The third-order valence-electron chi connectivity index (χ3n) is 2.66. The Kier molecular flexibility index (Phi) is 2.16. The lowest BCUT2D eigenvalue weighted by Crippen LogP contribution is -1.75. The highest BCUT2D eigenvalue weighted by Gasteiger charge is 2.06. The van der Waals surface area contributed by atoms with E-state index in [1.807, 2.05) is 18.3 Å². The highest BCUT2D eigenvalue weighted by molar-refractivity contribution is 7.25. The Morgan fingerprint density at radius 1 is 0.938 bits per heavy atom. The topological polar surface area (TPSA) is 0 Å². The van der Waals surface area contributed by atoms with Gasteiger partial charge < -0.3 is 0 Å². The summed E-state index contributed by atoms with van der Waals surface area (Å²) in [5, 5.41) is 2.62. The summed E-state index contributed by atoms with van der Waals surface area (Å²) in [5.74, 6) is 6.17. The number of fused-ring (bicyclic) bond motifs is 3. The lowest BCUT2D eigenvalue weighted by atomic mass is 10.1. The summed E-state index contributed by atoms with van der Waals surface area (Å²) in [6.07, 6.45) is 0. The van der Waals surface area contributed by atoms with E-state index in [9.17, 15) is 0 Å². The van der Waals surface area contributed by atoms with Crippen molar-refractivity contribution in [3.63, 3.8) is 0 Å².